The van der Waals surface area contributed by atoms with E-state index in [-0.39, 0.29) is 5.75 Å². The van der Waals surface area contributed by atoms with Gasteiger partial charge in [-0.05, 0) is 25.4 Å². The Bertz CT molecular complexity index is 336. The molecule has 5 nitrogen and oxygen atoms in total. The molecule has 0 radical (unpaired) electrons. The zero-order valence-corrected chi connectivity index (χ0v) is 13.4. The van der Waals surface area contributed by atoms with Crippen molar-refractivity contribution in [2.24, 2.45) is 5.92 Å². The maximum absolute atomic E-state index is 12.2. The Kier molecular flexibility index (Phi) is 7.28. The zero-order valence-electron chi connectivity index (χ0n) is 12.6. The summed E-state index contributed by atoms with van der Waals surface area (Å²) in [6.45, 7) is 12.2. The minimum atomic E-state index is -3.05. The smallest absolute Gasteiger partial charge is 0.214 e. The van der Waals surface area contributed by atoms with Gasteiger partial charge in [-0.2, -0.15) is 4.31 Å². The highest BCUT2D eigenvalue weighted by Gasteiger charge is 2.26. The van der Waals surface area contributed by atoms with Gasteiger partial charge in [-0.1, -0.05) is 20.8 Å². The van der Waals surface area contributed by atoms with Gasteiger partial charge in [0.2, 0.25) is 10.0 Å². The molecular weight excluding hydrogens is 262 g/mol. The van der Waals surface area contributed by atoms with Crippen molar-refractivity contribution in [3.63, 3.8) is 0 Å². The van der Waals surface area contributed by atoms with E-state index >= 15 is 0 Å². The summed E-state index contributed by atoms with van der Waals surface area (Å²) >= 11 is 0. The molecule has 1 fully saturated rings. The molecule has 1 N–H and O–H groups in total. The van der Waals surface area contributed by atoms with Crippen LogP contribution in [0.4, 0.5) is 0 Å². The molecule has 0 aliphatic carbocycles. The number of piperazine rings is 1. The van der Waals surface area contributed by atoms with Gasteiger partial charge in [0.15, 0.2) is 0 Å². The molecule has 0 aromatic heterocycles. The molecule has 0 aromatic carbocycles. The number of rotatable bonds is 8. The first-order valence-corrected chi connectivity index (χ1v) is 8.97. The first-order chi connectivity index (χ1) is 8.95. The fraction of sp³-hybridized carbons (Fsp3) is 1.00. The summed E-state index contributed by atoms with van der Waals surface area (Å²) in [5, 5.41) is 3.16. The molecule has 0 saturated carbocycles. The summed E-state index contributed by atoms with van der Waals surface area (Å²) in [5.74, 6) is 0.910. The number of sulfonamides is 1. The quantitative estimate of drug-likeness (QED) is 0.665. The van der Waals surface area contributed by atoms with Gasteiger partial charge in [-0.25, -0.2) is 8.42 Å². The Morgan fingerprint density at radius 2 is 1.79 bits per heavy atom. The van der Waals surface area contributed by atoms with Gasteiger partial charge in [-0.15, -0.1) is 0 Å². The molecule has 1 aliphatic rings. The number of nitrogens with one attached hydrogen (secondary N) is 1. The van der Waals surface area contributed by atoms with Gasteiger partial charge in [-0.3, -0.25) is 0 Å². The van der Waals surface area contributed by atoms with Crippen molar-refractivity contribution in [1.82, 2.24) is 14.5 Å². The van der Waals surface area contributed by atoms with E-state index in [0.29, 0.717) is 25.4 Å². The average Bonchev–Trinajstić information content (AvgIpc) is 2.35. The zero-order chi connectivity index (χ0) is 14.3. The van der Waals surface area contributed by atoms with Crippen molar-refractivity contribution in [2.75, 3.05) is 51.6 Å². The molecule has 1 saturated heterocycles. The lowest BCUT2D eigenvalue weighted by atomic mass is 10.2. The lowest BCUT2D eigenvalue weighted by Gasteiger charge is -2.34. The third-order valence-electron chi connectivity index (χ3n) is 3.35. The van der Waals surface area contributed by atoms with Crippen LogP contribution in [0.3, 0.4) is 0 Å². The molecule has 1 aliphatic heterocycles. The Hall–Kier alpha value is -0.170. The number of nitrogens with zero attached hydrogens (tertiary/aromatic N) is 2. The van der Waals surface area contributed by atoms with Crippen LogP contribution in [0.15, 0.2) is 0 Å². The third kappa shape index (κ3) is 6.21. The highest BCUT2D eigenvalue weighted by Crippen LogP contribution is 2.10. The van der Waals surface area contributed by atoms with Crippen molar-refractivity contribution in [1.29, 1.82) is 0 Å². The van der Waals surface area contributed by atoms with E-state index in [9.17, 15) is 8.42 Å². The van der Waals surface area contributed by atoms with Gasteiger partial charge >= 0.3 is 0 Å². The summed E-state index contributed by atoms with van der Waals surface area (Å²) in [5.41, 5.74) is 0. The van der Waals surface area contributed by atoms with Crippen LogP contribution in [-0.2, 0) is 10.0 Å². The summed E-state index contributed by atoms with van der Waals surface area (Å²) in [7, 11) is -3.05. The van der Waals surface area contributed by atoms with Crippen LogP contribution < -0.4 is 5.32 Å². The molecule has 19 heavy (non-hydrogen) atoms. The Morgan fingerprint density at radius 1 is 1.16 bits per heavy atom. The van der Waals surface area contributed by atoms with Crippen LogP contribution in [0.1, 0.15) is 27.2 Å². The topological polar surface area (TPSA) is 52.7 Å². The number of hydrogen-bond acceptors (Lipinski definition) is 4. The molecule has 0 bridgehead atoms. The van der Waals surface area contributed by atoms with Crippen LogP contribution in [0.25, 0.3) is 0 Å². The van der Waals surface area contributed by atoms with Crippen LogP contribution in [0.5, 0.6) is 0 Å². The highest BCUT2D eigenvalue weighted by atomic mass is 32.2. The molecule has 6 heteroatoms. The van der Waals surface area contributed by atoms with Crippen LogP contribution in [-0.4, -0.2) is 69.2 Å². The molecule has 0 atom stereocenters. The van der Waals surface area contributed by atoms with Crippen LogP contribution in [0.2, 0.25) is 0 Å². The van der Waals surface area contributed by atoms with E-state index < -0.39 is 10.0 Å². The lowest BCUT2D eigenvalue weighted by Crippen LogP contribution is -2.50. The van der Waals surface area contributed by atoms with Gasteiger partial charge in [0.25, 0.3) is 0 Å². The second-order valence-electron chi connectivity index (χ2n) is 5.62. The van der Waals surface area contributed by atoms with Crippen LogP contribution in [0, 0.1) is 5.92 Å². The van der Waals surface area contributed by atoms with Crippen molar-refractivity contribution in [3.05, 3.63) is 0 Å². The SMILES string of the molecule is CCNCCCS(=O)(=O)N1CCN(CC(C)C)CC1. The molecule has 114 valence electrons. The molecule has 1 rings (SSSR count). The monoisotopic (exact) mass is 291 g/mol. The molecule has 1 heterocycles. The molecule has 0 amide bonds. The lowest BCUT2D eigenvalue weighted by molar-refractivity contribution is 0.172. The minimum Gasteiger partial charge on any atom is -0.317 e. The van der Waals surface area contributed by atoms with Gasteiger partial charge in [0.1, 0.15) is 0 Å². The molecule has 0 unspecified atom stereocenters. The van der Waals surface area contributed by atoms with Crippen molar-refractivity contribution < 1.29 is 8.42 Å². The van der Waals surface area contributed by atoms with E-state index in [1.54, 1.807) is 4.31 Å². The van der Waals surface area contributed by atoms with E-state index in [1.807, 2.05) is 6.92 Å². The van der Waals surface area contributed by atoms with Gasteiger partial charge < -0.3 is 10.2 Å². The Labute approximate surface area is 118 Å². The summed E-state index contributed by atoms with van der Waals surface area (Å²) in [6, 6.07) is 0. The summed E-state index contributed by atoms with van der Waals surface area (Å²) in [6.07, 6.45) is 0.697. The average molecular weight is 291 g/mol. The maximum Gasteiger partial charge on any atom is 0.214 e. The second-order valence-corrected chi connectivity index (χ2v) is 7.71. The number of hydrogen-bond donors (Lipinski definition) is 1. The first kappa shape index (κ1) is 16.9. The van der Waals surface area contributed by atoms with E-state index in [2.05, 4.69) is 24.1 Å². The van der Waals surface area contributed by atoms with Crippen molar-refractivity contribution in [3.8, 4) is 0 Å². The highest BCUT2D eigenvalue weighted by molar-refractivity contribution is 7.89. The fourth-order valence-electron chi connectivity index (χ4n) is 2.39. The van der Waals surface area contributed by atoms with E-state index in [0.717, 1.165) is 32.7 Å². The first-order valence-electron chi connectivity index (χ1n) is 7.36. The Balaban J connectivity index is 2.32. The normalized spacial score (nSPS) is 19.2. The van der Waals surface area contributed by atoms with E-state index in [4.69, 9.17) is 0 Å². The Morgan fingerprint density at radius 3 is 2.32 bits per heavy atom. The predicted octanol–water partition coefficient (Wildman–Crippen LogP) is 0.589. The van der Waals surface area contributed by atoms with E-state index in [1.165, 1.54) is 0 Å². The summed E-state index contributed by atoms with van der Waals surface area (Å²) in [4.78, 5) is 2.36. The van der Waals surface area contributed by atoms with Gasteiger partial charge in [0, 0.05) is 32.7 Å². The predicted molar refractivity (Wildman–Crippen MR) is 79.8 cm³/mol. The molecule has 0 spiro atoms. The largest absolute Gasteiger partial charge is 0.317 e. The minimum absolute atomic E-state index is 0.268. The molecular formula is C13H29N3O2S. The fourth-order valence-corrected chi connectivity index (χ4v) is 3.88. The maximum atomic E-state index is 12.2. The summed E-state index contributed by atoms with van der Waals surface area (Å²) < 4.78 is 26.0. The molecule has 0 aromatic rings. The van der Waals surface area contributed by atoms with Crippen molar-refractivity contribution in [2.45, 2.75) is 27.2 Å². The van der Waals surface area contributed by atoms with Crippen molar-refractivity contribution >= 4 is 10.0 Å². The third-order valence-corrected chi connectivity index (χ3v) is 5.31. The second kappa shape index (κ2) is 8.19. The van der Waals surface area contributed by atoms with Gasteiger partial charge in [0.05, 0.1) is 5.75 Å². The van der Waals surface area contributed by atoms with Crippen LogP contribution >= 0.6 is 0 Å². The standard InChI is InChI=1S/C13H29N3O2S/c1-4-14-6-5-11-19(17,18)16-9-7-15(8-10-16)12-13(2)3/h13-14H,4-12H2,1-3H3.